The zero-order chi connectivity index (χ0) is 46.7. The van der Waals surface area contributed by atoms with E-state index >= 15 is 0 Å². The molecule has 0 spiro atoms. The van der Waals surface area contributed by atoms with Crippen molar-refractivity contribution in [3.63, 3.8) is 0 Å². The zero-order valence-electron chi connectivity index (χ0n) is 40.4. The van der Waals surface area contributed by atoms with Gasteiger partial charge in [0.2, 0.25) is 0 Å². The second kappa shape index (κ2) is 20.9. The molecule has 65 heavy (non-hydrogen) atoms. The number of benzene rings is 2. The second-order valence-corrected chi connectivity index (χ2v) is 19.8. The Morgan fingerprint density at radius 1 is 0.677 bits per heavy atom. The maximum atomic E-state index is 14.8. The molecule has 5 heterocycles. The van der Waals surface area contributed by atoms with E-state index < -0.39 is 11.6 Å². The van der Waals surface area contributed by atoms with Gasteiger partial charge in [0.05, 0.1) is 11.4 Å². The number of nitrogens with zero attached hydrogens (tertiary/aromatic N) is 7. The Labute approximate surface area is 390 Å². The minimum Gasteiger partial charge on any atom is -0.396 e. The molecule has 2 aromatic carbocycles. The molecule has 8 rings (SSSR count). The second-order valence-electron chi connectivity index (χ2n) is 19.8. The lowest BCUT2D eigenvalue weighted by Crippen LogP contribution is -2.34. The molecule has 0 bridgehead atoms. The summed E-state index contributed by atoms with van der Waals surface area (Å²) in [6.45, 7) is 26.6. The van der Waals surface area contributed by atoms with Crippen molar-refractivity contribution in [1.82, 2.24) is 34.8 Å². The number of hydrogen-bond acceptors (Lipinski definition) is 8. The smallest absolute Gasteiger partial charge is 0.321 e. The van der Waals surface area contributed by atoms with Crippen molar-refractivity contribution < 1.29 is 13.6 Å². The standard InChI is InChI=1S/C26H32FN5O.C17H17FN4.C9H18.ClH/c1-7-23-28-13-17-11-20(16(3)29-24(17)31-23)19-12-22(21(27)10-15(19)2)30-25(33)32-9-8-18(14-32)26(4,5)6;1-4-16-20-8-11-6-13(10(3)21-17(11)22-16)12-7-15(19)14(18)5-9(12)2;1-9(2,3)8-6-4-5-7-8;/h10-13,18H,7-9,14H2,1-6H3,(H,30,33);5-8H,4,19H2,1-3H3;8H,4-7H2,1-3H3;1H. The molecule has 10 nitrogen and oxygen atoms in total. The predicted octanol–water partition coefficient (Wildman–Crippen LogP) is 13.1. The Kier molecular flexibility index (Phi) is 16.3. The van der Waals surface area contributed by atoms with Crippen LogP contribution in [0.4, 0.5) is 25.0 Å². The van der Waals surface area contributed by atoms with Crippen molar-refractivity contribution in [1.29, 1.82) is 0 Å². The van der Waals surface area contributed by atoms with E-state index in [9.17, 15) is 13.6 Å². The summed E-state index contributed by atoms with van der Waals surface area (Å²) < 4.78 is 28.4. The molecule has 348 valence electrons. The number of nitrogens with one attached hydrogen (secondary N) is 1. The number of likely N-dealkylation sites (tertiary alicyclic amines) is 1. The molecule has 3 N–H and O–H groups in total. The lowest BCUT2D eigenvalue weighted by Gasteiger charge is -2.27. The number of nitrogen functional groups attached to an aromatic ring is 1. The SMILES string of the molecule is CC(C)(C)C1CCCC1.CCc1ncc2cc(-c3cc(N)c(F)cc3C)c(C)nc2n1.CCc1ncc2cc(-c3cc(NC(=O)N4CCC(C(C)(C)C)C4)c(F)cc3C)c(C)nc2n1.Cl. The molecule has 6 aromatic rings. The first-order valence-electron chi connectivity index (χ1n) is 22.9. The monoisotopic (exact) mass is 908 g/mol. The average molecular weight is 909 g/mol. The number of rotatable bonds is 5. The summed E-state index contributed by atoms with van der Waals surface area (Å²) in [7, 11) is 0. The number of anilines is 2. The van der Waals surface area contributed by atoms with Crippen LogP contribution in [0.15, 0.2) is 48.8 Å². The lowest BCUT2D eigenvalue weighted by molar-refractivity contribution is 0.208. The van der Waals surface area contributed by atoms with Gasteiger partial charge in [0.25, 0.3) is 0 Å². The Balaban J connectivity index is 0.000000212. The van der Waals surface area contributed by atoms with Gasteiger partial charge in [-0.1, -0.05) is 68.2 Å². The Bertz CT molecular complexity index is 2650. The summed E-state index contributed by atoms with van der Waals surface area (Å²) in [5.41, 5.74) is 14.8. The minimum atomic E-state index is -0.446. The topological polar surface area (TPSA) is 136 Å². The van der Waals surface area contributed by atoms with E-state index in [-0.39, 0.29) is 35.2 Å². The number of carbonyl (C=O) groups excluding carboxylic acids is 1. The number of pyridine rings is 2. The fraction of sp³-hybridized carbons (Fsp3) is 0.481. The van der Waals surface area contributed by atoms with Gasteiger partial charge in [0.15, 0.2) is 11.3 Å². The molecule has 0 radical (unpaired) electrons. The van der Waals surface area contributed by atoms with Crippen molar-refractivity contribution in [3.8, 4) is 22.3 Å². The largest absolute Gasteiger partial charge is 0.396 e. The Hall–Kier alpha value is -5.36. The highest BCUT2D eigenvalue weighted by Gasteiger charge is 2.34. The molecule has 4 aromatic heterocycles. The van der Waals surface area contributed by atoms with Gasteiger partial charge in [-0.3, -0.25) is 0 Å². The molecule has 1 atom stereocenters. The van der Waals surface area contributed by atoms with Gasteiger partial charge in [-0.15, -0.1) is 12.4 Å². The third-order valence-electron chi connectivity index (χ3n) is 13.0. The average Bonchev–Trinajstić information content (AvgIpc) is 3.98. The van der Waals surface area contributed by atoms with E-state index in [1.54, 1.807) is 29.4 Å². The van der Waals surface area contributed by atoms with E-state index in [1.807, 2.05) is 53.7 Å². The van der Waals surface area contributed by atoms with Gasteiger partial charge in [-0.2, -0.15) is 0 Å². The molecule has 1 unspecified atom stereocenters. The number of hydrogen-bond donors (Lipinski definition) is 2. The number of carbonyl (C=O) groups is 1. The number of urea groups is 1. The molecule has 1 aliphatic heterocycles. The van der Waals surface area contributed by atoms with Crippen molar-refractivity contribution in [2.24, 2.45) is 22.7 Å². The summed E-state index contributed by atoms with van der Waals surface area (Å²) in [6.07, 6.45) is 11.9. The van der Waals surface area contributed by atoms with Gasteiger partial charge < -0.3 is 16.0 Å². The van der Waals surface area contributed by atoms with Gasteiger partial charge >= 0.3 is 6.03 Å². The van der Waals surface area contributed by atoms with Crippen LogP contribution in [0.25, 0.3) is 44.3 Å². The molecule has 1 saturated carbocycles. The molecule has 1 aliphatic carbocycles. The molecule has 2 aliphatic rings. The van der Waals surface area contributed by atoms with Crippen LogP contribution in [-0.4, -0.2) is 53.9 Å². The third-order valence-corrected chi connectivity index (χ3v) is 13.0. The minimum absolute atomic E-state index is 0. The number of nitrogens with two attached hydrogens (primary N) is 1. The third kappa shape index (κ3) is 12.1. The quantitative estimate of drug-likeness (QED) is 0.163. The molecule has 1 saturated heterocycles. The van der Waals surface area contributed by atoms with Gasteiger partial charge in [0, 0.05) is 71.6 Å². The van der Waals surface area contributed by atoms with Crippen LogP contribution in [-0.2, 0) is 12.8 Å². The zero-order valence-corrected chi connectivity index (χ0v) is 41.2. The Morgan fingerprint density at radius 2 is 1.15 bits per heavy atom. The van der Waals surface area contributed by atoms with Crippen molar-refractivity contribution >= 4 is 51.9 Å². The lowest BCUT2D eigenvalue weighted by atomic mass is 9.80. The van der Waals surface area contributed by atoms with Crippen LogP contribution < -0.4 is 11.1 Å². The fourth-order valence-electron chi connectivity index (χ4n) is 8.74. The maximum Gasteiger partial charge on any atom is 0.321 e. The summed E-state index contributed by atoms with van der Waals surface area (Å²) >= 11 is 0. The van der Waals surface area contributed by atoms with Crippen LogP contribution in [0.3, 0.4) is 0 Å². The number of fused-ring (bicyclic) bond motifs is 2. The summed E-state index contributed by atoms with van der Waals surface area (Å²) in [6, 6.07) is 9.98. The highest BCUT2D eigenvalue weighted by atomic mass is 35.5. The fourth-order valence-corrected chi connectivity index (χ4v) is 8.74. The van der Waals surface area contributed by atoms with E-state index in [1.165, 1.54) is 37.8 Å². The normalized spacial score (nSPS) is 15.3. The Morgan fingerprint density at radius 3 is 1.60 bits per heavy atom. The first-order chi connectivity index (χ1) is 30.2. The van der Waals surface area contributed by atoms with Crippen LogP contribution in [0.2, 0.25) is 0 Å². The van der Waals surface area contributed by atoms with Crippen LogP contribution >= 0.6 is 12.4 Å². The number of aryl methyl sites for hydroxylation is 6. The predicted molar refractivity (Wildman–Crippen MR) is 264 cm³/mol. The first kappa shape index (κ1) is 50.6. The van der Waals surface area contributed by atoms with E-state index in [2.05, 4.69) is 76.8 Å². The highest BCUT2D eigenvalue weighted by Crippen LogP contribution is 2.39. The van der Waals surface area contributed by atoms with E-state index in [4.69, 9.17) is 5.73 Å². The summed E-state index contributed by atoms with van der Waals surface area (Å²) in [5, 5.41) is 4.49. The van der Waals surface area contributed by atoms with E-state index in [0.717, 1.165) is 92.4 Å². The van der Waals surface area contributed by atoms with Crippen molar-refractivity contribution in [2.45, 2.75) is 128 Å². The van der Waals surface area contributed by atoms with Gasteiger partial charge in [-0.25, -0.2) is 43.5 Å². The number of aromatic nitrogens is 6. The summed E-state index contributed by atoms with van der Waals surface area (Å²) in [4.78, 5) is 41.5. The molecular formula is C52H68ClF2N9O. The van der Waals surface area contributed by atoms with E-state index in [0.29, 0.717) is 35.7 Å². The summed E-state index contributed by atoms with van der Waals surface area (Å²) in [5.74, 6) is 2.12. The van der Waals surface area contributed by atoms with Crippen molar-refractivity contribution in [2.75, 3.05) is 24.1 Å². The van der Waals surface area contributed by atoms with Gasteiger partial charge in [0.1, 0.15) is 23.3 Å². The molecule has 13 heteroatoms. The molecule has 2 fully saturated rings. The van der Waals surface area contributed by atoms with Crippen molar-refractivity contribution in [3.05, 3.63) is 94.6 Å². The van der Waals surface area contributed by atoms with Crippen LogP contribution in [0.1, 0.15) is 122 Å². The highest BCUT2D eigenvalue weighted by molar-refractivity contribution is 5.92. The number of amides is 2. The van der Waals surface area contributed by atoms with Crippen LogP contribution in [0, 0.1) is 62.0 Å². The maximum absolute atomic E-state index is 14.8. The first-order valence-corrected chi connectivity index (χ1v) is 22.9. The van der Waals surface area contributed by atoms with Crippen LogP contribution in [0.5, 0.6) is 0 Å². The molecule has 2 amide bonds. The molecular weight excluding hydrogens is 840 g/mol. The van der Waals surface area contributed by atoms with Gasteiger partial charge in [-0.05, 0) is 128 Å². The number of halogens is 3.